The number of halogens is 1. The van der Waals surface area contributed by atoms with Crippen LogP contribution < -0.4 is 0 Å². The molecule has 2 unspecified atom stereocenters. The average Bonchev–Trinajstić information content (AvgIpc) is 2.84. The molecule has 2 rings (SSSR count). The predicted molar refractivity (Wildman–Crippen MR) is 68.8 cm³/mol. The highest BCUT2D eigenvalue weighted by atomic mass is 127. The van der Waals surface area contributed by atoms with E-state index in [1.807, 2.05) is 0 Å². The van der Waals surface area contributed by atoms with Gasteiger partial charge in [0.2, 0.25) is 0 Å². The van der Waals surface area contributed by atoms with Crippen molar-refractivity contribution < 1.29 is 14.6 Å². The summed E-state index contributed by atoms with van der Waals surface area (Å²) in [5.41, 5.74) is 0. The Bertz CT molecular complexity index is 409. The van der Waals surface area contributed by atoms with E-state index in [-0.39, 0.29) is 12.0 Å². The minimum Gasteiger partial charge on any atom is -0.465 e. The third-order valence-electron chi connectivity index (χ3n) is 2.92. The number of hydrogen-bond donors (Lipinski definition) is 2. The number of carbonyl (C=O) groups is 1. The molecule has 2 N–H and O–H groups in total. The minimum absolute atomic E-state index is 0.184. The number of rotatable bonds is 3. The van der Waals surface area contributed by atoms with Crippen molar-refractivity contribution in [2.45, 2.75) is 12.5 Å². The lowest BCUT2D eigenvalue weighted by Gasteiger charge is -2.19. The van der Waals surface area contributed by atoms with Crippen molar-refractivity contribution in [2.24, 2.45) is 5.92 Å². The van der Waals surface area contributed by atoms with Gasteiger partial charge in [0.15, 0.2) is 0 Å². The largest absolute Gasteiger partial charge is 0.465 e. The lowest BCUT2D eigenvalue weighted by atomic mass is 10.1. The van der Waals surface area contributed by atoms with Gasteiger partial charge in [-0.15, -0.1) is 0 Å². The molecule has 1 amide bonds. The number of methoxy groups -OCH3 is 1. The fourth-order valence-corrected chi connectivity index (χ4v) is 2.65. The van der Waals surface area contributed by atoms with E-state index in [1.165, 1.54) is 4.90 Å². The summed E-state index contributed by atoms with van der Waals surface area (Å²) < 4.78 is 6.01. The van der Waals surface area contributed by atoms with Gasteiger partial charge in [-0.1, -0.05) is 0 Å². The summed E-state index contributed by atoms with van der Waals surface area (Å²) in [6.07, 6.45) is 1.56. The number of imidazole rings is 1. The zero-order chi connectivity index (χ0) is 12.4. The number of aromatic amines is 1. The second-order valence-corrected chi connectivity index (χ2v) is 5.29. The Morgan fingerprint density at radius 3 is 3.12 bits per heavy atom. The smallest absolute Gasteiger partial charge is 0.407 e. The molecule has 1 aromatic heterocycles. The monoisotopic (exact) mass is 351 g/mol. The highest BCUT2D eigenvalue weighted by Crippen LogP contribution is 2.34. The Balaban J connectivity index is 2.16. The van der Waals surface area contributed by atoms with E-state index >= 15 is 0 Å². The third-order valence-corrected chi connectivity index (χ3v) is 3.46. The van der Waals surface area contributed by atoms with E-state index < -0.39 is 6.09 Å². The van der Waals surface area contributed by atoms with E-state index in [0.717, 1.165) is 15.9 Å². The summed E-state index contributed by atoms with van der Waals surface area (Å²) >= 11 is 2.12. The molecule has 0 spiro atoms. The first-order valence-electron chi connectivity index (χ1n) is 5.30. The quantitative estimate of drug-likeness (QED) is 0.813. The van der Waals surface area contributed by atoms with Gasteiger partial charge < -0.3 is 14.8 Å². The molecule has 1 aromatic rings. The normalized spacial score (nSPS) is 24.2. The van der Waals surface area contributed by atoms with E-state index in [1.54, 1.807) is 13.3 Å². The number of likely N-dealkylation sites (tertiary alicyclic amines) is 1. The molecular weight excluding hydrogens is 337 g/mol. The first kappa shape index (κ1) is 12.6. The van der Waals surface area contributed by atoms with Gasteiger partial charge >= 0.3 is 6.09 Å². The molecule has 0 bridgehead atoms. The molecule has 0 aromatic carbocycles. The molecule has 0 saturated carbocycles. The Morgan fingerprint density at radius 2 is 2.59 bits per heavy atom. The molecule has 1 fully saturated rings. The molecule has 2 atom stereocenters. The molecule has 1 aliphatic heterocycles. The summed E-state index contributed by atoms with van der Waals surface area (Å²) in [4.78, 5) is 19.9. The van der Waals surface area contributed by atoms with E-state index in [9.17, 15) is 9.90 Å². The van der Waals surface area contributed by atoms with Crippen molar-refractivity contribution in [2.75, 3.05) is 20.3 Å². The van der Waals surface area contributed by atoms with Crippen LogP contribution in [0.4, 0.5) is 4.79 Å². The first-order valence-corrected chi connectivity index (χ1v) is 6.38. The van der Waals surface area contributed by atoms with Crippen molar-refractivity contribution in [1.82, 2.24) is 14.9 Å². The second-order valence-electron chi connectivity index (χ2n) is 4.12. The van der Waals surface area contributed by atoms with Gasteiger partial charge in [0, 0.05) is 19.6 Å². The van der Waals surface area contributed by atoms with Crippen LogP contribution in [0.3, 0.4) is 0 Å². The number of aromatic nitrogens is 2. The molecule has 94 valence electrons. The molecule has 17 heavy (non-hydrogen) atoms. The number of H-pyrrole nitrogens is 1. The summed E-state index contributed by atoms with van der Waals surface area (Å²) in [6, 6.07) is -0.184. The molecular formula is C10H14IN3O3. The predicted octanol–water partition coefficient (Wildman–Crippen LogP) is 1.70. The zero-order valence-electron chi connectivity index (χ0n) is 9.39. The van der Waals surface area contributed by atoms with Crippen LogP contribution in [0.5, 0.6) is 0 Å². The van der Waals surface area contributed by atoms with Gasteiger partial charge in [0.05, 0.1) is 22.5 Å². The van der Waals surface area contributed by atoms with Crippen LogP contribution in [0.15, 0.2) is 6.20 Å². The van der Waals surface area contributed by atoms with Gasteiger partial charge in [-0.3, -0.25) is 4.90 Å². The highest BCUT2D eigenvalue weighted by molar-refractivity contribution is 14.1. The summed E-state index contributed by atoms with van der Waals surface area (Å²) in [7, 11) is 1.63. The maximum Gasteiger partial charge on any atom is 0.407 e. The highest BCUT2D eigenvalue weighted by Gasteiger charge is 2.37. The Morgan fingerprint density at radius 1 is 1.82 bits per heavy atom. The van der Waals surface area contributed by atoms with Crippen LogP contribution in [0.25, 0.3) is 0 Å². The lowest BCUT2D eigenvalue weighted by molar-refractivity contribution is 0.131. The second kappa shape index (κ2) is 5.21. The van der Waals surface area contributed by atoms with Crippen LogP contribution in [-0.2, 0) is 4.74 Å². The fourth-order valence-electron chi connectivity index (χ4n) is 2.23. The van der Waals surface area contributed by atoms with Gasteiger partial charge in [-0.05, 0) is 29.0 Å². The summed E-state index contributed by atoms with van der Waals surface area (Å²) in [6.45, 7) is 1.09. The minimum atomic E-state index is -0.903. The number of amides is 1. The van der Waals surface area contributed by atoms with Crippen molar-refractivity contribution in [3.63, 3.8) is 0 Å². The molecule has 1 aliphatic rings. The van der Waals surface area contributed by atoms with Gasteiger partial charge in [-0.2, -0.15) is 0 Å². The molecule has 0 radical (unpaired) electrons. The average molecular weight is 351 g/mol. The number of carboxylic acid groups (broad SMARTS) is 1. The SMILES string of the molecule is COCC1CC(c2ncc(I)[nH]2)N(C(=O)O)C1. The fraction of sp³-hybridized carbons (Fsp3) is 0.600. The topological polar surface area (TPSA) is 78.5 Å². The lowest BCUT2D eigenvalue weighted by Crippen LogP contribution is -2.30. The van der Waals surface area contributed by atoms with E-state index in [2.05, 4.69) is 32.6 Å². The molecule has 7 heteroatoms. The number of ether oxygens (including phenoxy) is 1. The maximum absolute atomic E-state index is 11.2. The van der Waals surface area contributed by atoms with Crippen molar-refractivity contribution >= 4 is 28.7 Å². The first-order chi connectivity index (χ1) is 8.11. The standard InChI is InChI=1S/C10H14IN3O3/c1-17-5-6-2-7(14(4-6)10(15)16)9-12-3-8(11)13-9/h3,6-7H,2,4-5H2,1H3,(H,12,13)(H,15,16). The van der Waals surface area contributed by atoms with Crippen molar-refractivity contribution in [1.29, 1.82) is 0 Å². The van der Waals surface area contributed by atoms with Gasteiger partial charge in [0.25, 0.3) is 0 Å². The van der Waals surface area contributed by atoms with Crippen molar-refractivity contribution in [3.05, 3.63) is 15.7 Å². The Labute approximate surface area is 112 Å². The maximum atomic E-state index is 11.2. The van der Waals surface area contributed by atoms with Crippen LogP contribution in [0, 0.1) is 9.62 Å². The van der Waals surface area contributed by atoms with E-state index in [0.29, 0.717) is 13.2 Å². The van der Waals surface area contributed by atoms with Crippen molar-refractivity contribution in [3.8, 4) is 0 Å². The van der Waals surface area contributed by atoms with Crippen LogP contribution in [0.2, 0.25) is 0 Å². The van der Waals surface area contributed by atoms with Gasteiger partial charge in [0.1, 0.15) is 5.82 Å². The third kappa shape index (κ3) is 2.71. The molecule has 0 aliphatic carbocycles. The van der Waals surface area contributed by atoms with Crippen LogP contribution >= 0.6 is 22.6 Å². The Hall–Kier alpha value is -0.830. The summed E-state index contributed by atoms with van der Waals surface area (Å²) in [5.74, 6) is 0.958. The number of nitrogens with zero attached hydrogens (tertiary/aromatic N) is 2. The number of nitrogens with one attached hydrogen (secondary N) is 1. The molecule has 6 nitrogen and oxygen atoms in total. The summed E-state index contributed by atoms with van der Waals surface area (Å²) in [5, 5.41) is 9.18. The number of hydrogen-bond acceptors (Lipinski definition) is 3. The van der Waals surface area contributed by atoms with Crippen LogP contribution in [-0.4, -0.2) is 46.3 Å². The van der Waals surface area contributed by atoms with Crippen LogP contribution in [0.1, 0.15) is 18.3 Å². The van der Waals surface area contributed by atoms with Gasteiger partial charge in [-0.25, -0.2) is 9.78 Å². The van der Waals surface area contributed by atoms with E-state index in [4.69, 9.17) is 4.74 Å². The molecule has 2 heterocycles. The molecule has 1 saturated heterocycles. The Kier molecular flexibility index (Phi) is 3.87. The zero-order valence-corrected chi connectivity index (χ0v) is 11.5.